The van der Waals surface area contributed by atoms with Gasteiger partial charge in [-0.2, -0.15) is 0 Å². The number of rotatable bonds is 8. The van der Waals surface area contributed by atoms with Crippen molar-refractivity contribution in [3.05, 3.63) is 17.7 Å². The summed E-state index contributed by atoms with van der Waals surface area (Å²) >= 11 is 0. The summed E-state index contributed by atoms with van der Waals surface area (Å²) in [5, 5.41) is 5.37. The number of ether oxygens (including phenoxy) is 3. The molecule has 0 bridgehead atoms. The minimum atomic E-state index is -0.660. The molecule has 2 N–H and O–H groups in total. The van der Waals surface area contributed by atoms with E-state index < -0.39 is 11.9 Å². The molecule has 1 atom stereocenters. The summed E-state index contributed by atoms with van der Waals surface area (Å²) in [6.45, 7) is 4.15. The second kappa shape index (κ2) is 8.87. The van der Waals surface area contributed by atoms with Gasteiger partial charge in [-0.3, -0.25) is 9.59 Å². The quantitative estimate of drug-likeness (QED) is 0.754. The molecule has 0 aliphatic rings. The van der Waals surface area contributed by atoms with E-state index in [0.29, 0.717) is 23.8 Å². The highest BCUT2D eigenvalue weighted by Crippen LogP contribution is 2.34. The van der Waals surface area contributed by atoms with Crippen LogP contribution in [-0.4, -0.2) is 45.7 Å². The Hall–Kier alpha value is -2.44. The molecule has 128 valence electrons. The minimum Gasteiger partial charge on any atom is -0.496 e. The lowest BCUT2D eigenvalue weighted by atomic mass is 10.1. The number of carbonyl (C=O) groups excluding carboxylic acids is 2. The van der Waals surface area contributed by atoms with Gasteiger partial charge in [-0.25, -0.2) is 0 Å². The van der Waals surface area contributed by atoms with Gasteiger partial charge in [-0.05, 0) is 13.3 Å². The number of methoxy groups -OCH3 is 3. The molecule has 0 aromatic heterocycles. The number of hydrogen-bond donors (Lipinski definition) is 2. The SMILES string of the molecule is CCCNC(=O)[C@H](C)NC(=O)c1cc(OC)c(OC)cc1OC. The summed E-state index contributed by atoms with van der Waals surface area (Å²) in [6, 6.07) is 2.42. The van der Waals surface area contributed by atoms with E-state index in [9.17, 15) is 9.59 Å². The summed E-state index contributed by atoms with van der Waals surface area (Å²) in [6.07, 6.45) is 0.829. The van der Waals surface area contributed by atoms with E-state index in [-0.39, 0.29) is 11.5 Å². The van der Waals surface area contributed by atoms with Crippen LogP contribution in [0, 0.1) is 0 Å². The van der Waals surface area contributed by atoms with Crippen LogP contribution in [0.4, 0.5) is 0 Å². The Labute approximate surface area is 136 Å². The van der Waals surface area contributed by atoms with Crippen LogP contribution in [0.5, 0.6) is 17.2 Å². The molecule has 1 aromatic carbocycles. The van der Waals surface area contributed by atoms with Crippen molar-refractivity contribution in [3.63, 3.8) is 0 Å². The van der Waals surface area contributed by atoms with Crippen LogP contribution in [0.1, 0.15) is 30.6 Å². The predicted molar refractivity (Wildman–Crippen MR) is 86.3 cm³/mol. The van der Waals surface area contributed by atoms with E-state index in [2.05, 4.69) is 10.6 Å². The molecular weight excluding hydrogens is 300 g/mol. The molecule has 23 heavy (non-hydrogen) atoms. The maximum absolute atomic E-state index is 12.4. The Kier molecular flexibility index (Phi) is 7.18. The highest BCUT2D eigenvalue weighted by molar-refractivity contribution is 6.00. The van der Waals surface area contributed by atoms with Crippen molar-refractivity contribution in [3.8, 4) is 17.2 Å². The Morgan fingerprint density at radius 3 is 2.13 bits per heavy atom. The van der Waals surface area contributed by atoms with Crippen molar-refractivity contribution in [2.45, 2.75) is 26.3 Å². The van der Waals surface area contributed by atoms with Crippen LogP contribution >= 0.6 is 0 Å². The monoisotopic (exact) mass is 324 g/mol. The molecule has 1 aromatic rings. The molecule has 7 nitrogen and oxygen atoms in total. The van der Waals surface area contributed by atoms with Gasteiger partial charge in [0.25, 0.3) is 5.91 Å². The standard InChI is InChI=1S/C16H24N2O5/c1-6-7-17-15(19)10(2)18-16(20)11-8-13(22-4)14(23-5)9-12(11)21-3/h8-10H,6-7H2,1-5H3,(H,17,19)(H,18,20)/t10-/m0/s1. The third kappa shape index (κ3) is 4.77. The van der Waals surface area contributed by atoms with Crippen LogP contribution in [0.25, 0.3) is 0 Å². The molecule has 0 heterocycles. The van der Waals surface area contributed by atoms with Crippen LogP contribution < -0.4 is 24.8 Å². The first-order valence-corrected chi connectivity index (χ1v) is 7.37. The van der Waals surface area contributed by atoms with E-state index in [0.717, 1.165) is 6.42 Å². The minimum absolute atomic E-state index is 0.236. The highest BCUT2D eigenvalue weighted by atomic mass is 16.5. The van der Waals surface area contributed by atoms with Gasteiger partial charge < -0.3 is 24.8 Å². The smallest absolute Gasteiger partial charge is 0.255 e. The van der Waals surface area contributed by atoms with Crippen LogP contribution in [0.2, 0.25) is 0 Å². The van der Waals surface area contributed by atoms with Crippen molar-refractivity contribution in [1.82, 2.24) is 10.6 Å². The highest BCUT2D eigenvalue weighted by Gasteiger charge is 2.21. The zero-order valence-electron chi connectivity index (χ0n) is 14.2. The Bertz CT molecular complexity index is 560. The van der Waals surface area contributed by atoms with Gasteiger partial charge >= 0.3 is 0 Å². The molecular formula is C16H24N2O5. The fraction of sp³-hybridized carbons (Fsp3) is 0.500. The molecule has 1 rings (SSSR count). The average Bonchev–Trinajstić information content (AvgIpc) is 2.57. The number of benzene rings is 1. The molecule has 0 saturated carbocycles. The van der Waals surface area contributed by atoms with Crippen LogP contribution in [-0.2, 0) is 4.79 Å². The zero-order valence-corrected chi connectivity index (χ0v) is 14.2. The zero-order chi connectivity index (χ0) is 17.4. The van der Waals surface area contributed by atoms with E-state index in [1.807, 2.05) is 6.92 Å². The van der Waals surface area contributed by atoms with Gasteiger partial charge in [0.1, 0.15) is 11.8 Å². The third-order valence-corrected chi connectivity index (χ3v) is 3.24. The van der Waals surface area contributed by atoms with E-state index >= 15 is 0 Å². The van der Waals surface area contributed by atoms with Crippen LogP contribution in [0.3, 0.4) is 0 Å². The van der Waals surface area contributed by atoms with Gasteiger partial charge in [0.2, 0.25) is 5.91 Å². The van der Waals surface area contributed by atoms with E-state index in [1.165, 1.54) is 27.4 Å². The molecule has 0 fully saturated rings. The second-order valence-corrected chi connectivity index (χ2v) is 4.89. The van der Waals surface area contributed by atoms with Crippen molar-refractivity contribution in [1.29, 1.82) is 0 Å². The van der Waals surface area contributed by atoms with Crippen molar-refractivity contribution in [2.24, 2.45) is 0 Å². The number of carbonyl (C=O) groups is 2. The number of hydrogen-bond acceptors (Lipinski definition) is 5. The van der Waals surface area contributed by atoms with E-state index in [1.54, 1.807) is 13.0 Å². The topological polar surface area (TPSA) is 85.9 Å². The lowest BCUT2D eigenvalue weighted by Gasteiger charge is -2.17. The van der Waals surface area contributed by atoms with Gasteiger partial charge in [-0.15, -0.1) is 0 Å². The maximum Gasteiger partial charge on any atom is 0.255 e. The largest absolute Gasteiger partial charge is 0.496 e. The van der Waals surface area contributed by atoms with Gasteiger partial charge in [0.15, 0.2) is 11.5 Å². The average molecular weight is 324 g/mol. The third-order valence-electron chi connectivity index (χ3n) is 3.24. The summed E-state index contributed by atoms with van der Waals surface area (Å²) < 4.78 is 15.6. The van der Waals surface area contributed by atoms with Crippen molar-refractivity contribution in [2.75, 3.05) is 27.9 Å². The lowest BCUT2D eigenvalue weighted by molar-refractivity contribution is -0.122. The Morgan fingerprint density at radius 2 is 1.61 bits per heavy atom. The second-order valence-electron chi connectivity index (χ2n) is 4.89. The first-order valence-electron chi connectivity index (χ1n) is 7.37. The van der Waals surface area contributed by atoms with Gasteiger partial charge in [0.05, 0.1) is 26.9 Å². The number of nitrogens with one attached hydrogen (secondary N) is 2. The first-order chi connectivity index (χ1) is 11.0. The first kappa shape index (κ1) is 18.6. The van der Waals surface area contributed by atoms with Crippen LogP contribution in [0.15, 0.2) is 12.1 Å². The molecule has 0 saturated heterocycles. The summed E-state index contributed by atoms with van der Waals surface area (Å²) in [5.74, 6) is 0.527. The summed E-state index contributed by atoms with van der Waals surface area (Å²) in [4.78, 5) is 24.3. The fourth-order valence-corrected chi connectivity index (χ4v) is 1.95. The van der Waals surface area contributed by atoms with Crippen molar-refractivity contribution < 1.29 is 23.8 Å². The van der Waals surface area contributed by atoms with E-state index in [4.69, 9.17) is 14.2 Å². The normalized spacial score (nSPS) is 11.3. The maximum atomic E-state index is 12.4. The molecule has 0 unspecified atom stereocenters. The molecule has 0 aliphatic carbocycles. The number of amides is 2. The van der Waals surface area contributed by atoms with Gasteiger partial charge in [-0.1, -0.05) is 6.92 Å². The summed E-state index contributed by atoms with van der Waals surface area (Å²) in [5.41, 5.74) is 0.264. The summed E-state index contributed by atoms with van der Waals surface area (Å²) in [7, 11) is 4.43. The lowest BCUT2D eigenvalue weighted by Crippen LogP contribution is -2.45. The Morgan fingerprint density at radius 1 is 1.04 bits per heavy atom. The van der Waals surface area contributed by atoms with Gasteiger partial charge in [0, 0.05) is 18.7 Å². The molecule has 7 heteroatoms. The molecule has 0 radical (unpaired) electrons. The molecule has 0 aliphatic heterocycles. The predicted octanol–water partition coefficient (Wildman–Crippen LogP) is 1.36. The van der Waals surface area contributed by atoms with Crippen molar-refractivity contribution >= 4 is 11.8 Å². The molecule has 0 spiro atoms. The molecule has 2 amide bonds. The Balaban J connectivity index is 2.96. The fourth-order valence-electron chi connectivity index (χ4n) is 1.95.